The van der Waals surface area contributed by atoms with Crippen LogP contribution < -0.4 is 4.90 Å². The molecule has 210 valence electrons. The number of hydrogen-bond acceptors (Lipinski definition) is 8. The predicted molar refractivity (Wildman–Crippen MR) is 139 cm³/mol. The minimum Gasteiger partial charge on any atom is -0.394 e. The molecule has 2 saturated heterocycles. The number of piperazine rings is 1. The lowest BCUT2D eigenvalue weighted by atomic mass is 9.95. The first kappa shape index (κ1) is 29.1. The minimum atomic E-state index is -4.83. The highest BCUT2D eigenvalue weighted by atomic mass is 32.2. The smallest absolute Gasteiger partial charge is 0.394 e. The lowest BCUT2D eigenvalue weighted by Gasteiger charge is -2.45. The standard InChI is InChI=1S/C25H32F3N3O5S2/c1-24(33,25(26,27)28)18-6-8-19(9-7-18)31-11-10-30(38(34,35)23-5-3-2-4-22(23)37)15-20(31)14-29-12-13-36-21(16-29)17-32/h2-9,20-21,32-33,37H,10-17H2,1H3/t20-,21-,24-/m1/s1. The van der Waals surface area contributed by atoms with Crippen molar-refractivity contribution in [1.29, 1.82) is 0 Å². The Kier molecular flexibility index (Phi) is 8.67. The molecular formula is C25H32F3N3O5S2. The maximum atomic E-state index is 13.5. The summed E-state index contributed by atoms with van der Waals surface area (Å²) in [6.45, 7) is 3.15. The number of rotatable bonds is 7. The Hall–Kier alpha value is -1.87. The summed E-state index contributed by atoms with van der Waals surface area (Å²) in [7, 11) is -3.84. The van der Waals surface area contributed by atoms with Crippen molar-refractivity contribution in [2.45, 2.75) is 40.6 Å². The highest BCUT2D eigenvalue weighted by Crippen LogP contribution is 2.39. The summed E-state index contributed by atoms with van der Waals surface area (Å²) < 4.78 is 73.9. The summed E-state index contributed by atoms with van der Waals surface area (Å²) in [6.07, 6.45) is -5.18. The number of morpholine rings is 1. The number of halogens is 3. The Morgan fingerprint density at radius 1 is 1.05 bits per heavy atom. The number of sulfonamides is 1. The van der Waals surface area contributed by atoms with E-state index in [1.807, 2.05) is 4.90 Å². The van der Waals surface area contributed by atoms with Gasteiger partial charge < -0.3 is 19.8 Å². The van der Waals surface area contributed by atoms with Gasteiger partial charge in [0.25, 0.3) is 0 Å². The van der Waals surface area contributed by atoms with E-state index >= 15 is 0 Å². The average Bonchev–Trinajstić information content (AvgIpc) is 2.88. The Labute approximate surface area is 226 Å². The third-order valence-corrected chi connectivity index (χ3v) is 9.60. The van der Waals surface area contributed by atoms with Gasteiger partial charge in [-0.3, -0.25) is 4.90 Å². The molecule has 0 unspecified atom stereocenters. The fourth-order valence-electron chi connectivity index (χ4n) is 4.85. The second-order valence-electron chi connectivity index (χ2n) is 9.73. The van der Waals surface area contributed by atoms with Crippen molar-refractivity contribution in [3.63, 3.8) is 0 Å². The molecule has 8 nitrogen and oxygen atoms in total. The van der Waals surface area contributed by atoms with Crippen LogP contribution in [0.4, 0.5) is 18.9 Å². The van der Waals surface area contributed by atoms with Crippen LogP contribution in [0.25, 0.3) is 0 Å². The molecule has 2 fully saturated rings. The zero-order valence-corrected chi connectivity index (χ0v) is 22.6. The van der Waals surface area contributed by atoms with Gasteiger partial charge >= 0.3 is 6.18 Å². The quantitative estimate of drug-likeness (QED) is 0.437. The minimum absolute atomic E-state index is 0.112. The molecular weight excluding hydrogens is 543 g/mol. The Morgan fingerprint density at radius 3 is 2.37 bits per heavy atom. The van der Waals surface area contributed by atoms with E-state index in [2.05, 4.69) is 17.5 Å². The largest absolute Gasteiger partial charge is 0.421 e. The van der Waals surface area contributed by atoms with Crippen LogP contribution in [0.2, 0.25) is 0 Å². The highest BCUT2D eigenvalue weighted by Gasteiger charge is 2.51. The lowest BCUT2D eigenvalue weighted by Crippen LogP contribution is -2.59. The second kappa shape index (κ2) is 11.3. The van der Waals surface area contributed by atoms with Gasteiger partial charge in [-0.25, -0.2) is 8.42 Å². The van der Waals surface area contributed by atoms with Crippen molar-refractivity contribution in [3.8, 4) is 0 Å². The number of nitrogens with zero attached hydrogens (tertiary/aromatic N) is 3. The van der Waals surface area contributed by atoms with Crippen molar-refractivity contribution in [1.82, 2.24) is 9.21 Å². The third kappa shape index (κ3) is 5.98. The monoisotopic (exact) mass is 575 g/mol. The van der Waals surface area contributed by atoms with Gasteiger partial charge in [-0.05, 0) is 36.8 Å². The van der Waals surface area contributed by atoms with E-state index in [9.17, 15) is 31.8 Å². The molecule has 4 rings (SSSR count). The van der Waals surface area contributed by atoms with Gasteiger partial charge in [0, 0.05) is 49.9 Å². The zero-order chi connectivity index (χ0) is 27.7. The summed E-state index contributed by atoms with van der Waals surface area (Å²) in [5, 5.41) is 19.6. The van der Waals surface area contributed by atoms with Crippen molar-refractivity contribution in [2.75, 3.05) is 57.4 Å². The summed E-state index contributed by atoms with van der Waals surface area (Å²) in [5.74, 6) is 0. The highest BCUT2D eigenvalue weighted by molar-refractivity contribution is 7.90. The van der Waals surface area contributed by atoms with E-state index in [0.29, 0.717) is 50.3 Å². The van der Waals surface area contributed by atoms with Gasteiger partial charge in [-0.1, -0.05) is 24.3 Å². The lowest BCUT2D eigenvalue weighted by molar-refractivity contribution is -0.258. The molecule has 2 N–H and O–H groups in total. The molecule has 2 aromatic rings. The Bertz CT molecular complexity index is 1210. The molecule has 0 aromatic heterocycles. The first-order chi connectivity index (χ1) is 17.8. The molecule has 2 heterocycles. The number of alkyl halides is 3. The number of thiol groups is 1. The van der Waals surface area contributed by atoms with Gasteiger partial charge in [0.15, 0.2) is 5.60 Å². The molecule has 0 bridgehead atoms. The average molecular weight is 576 g/mol. The second-order valence-corrected chi connectivity index (χ2v) is 12.1. The number of aliphatic hydroxyl groups is 2. The summed E-state index contributed by atoms with van der Waals surface area (Å²) in [5.41, 5.74) is -2.66. The molecule has 2 aromatic carbocycles. The van der Waals surface area contributed by atoms with E-state index in [0.717, 1.165) is 0 Å². The number of benzene rings is 2. The van der Waals surface area contributed by atoms with Gasteiger partial charge in [0.2, 0.25) is 10.0 Å². The van der Waals surface area contributed by atoms with Crippen molar-refractivity contribution in [2.24, 2.45) is 0 Å². The molecule has 38 heavy (non-hydrogen) atoms. The first-order valence-electron chi connectivity index (χ1n) is 12.2. The third-order valence-electron chi connectivity index (χ3n) is 7.14. The number of hydrogen-bond donors (Lipinski definition) is 3. The fraction of sp³-hybridized carbons (Fsp3) is 0.520. The van der Waals surface area contributed by atoms with Crippen LogP contribution >= 0.6 is 12.6 Å². The van der Waals surface area contributed by atoms with E-state index in [4.69, 9.17) is 4.74 Å². The Balaban J connectivity index is 1.61. The summed E-state index contributed by atoms with van der Waals surface area (Å²) in [4.78, 5) is 4.53. The van der Waals surface area contributed by atoms with Gasteiger partial charge in [0.05, 0.1) is 30.3 Å². The maximum absolute atomic E-state index is 13.5. The van der Waals surface area contributed by atoms with Crippen LogP contribution in [0, 0.1) is 0 Å². The molecule has 0 amide bonds. The fourth-order valence-corrected chi connectivity index (χ4v) is 6.91. The maximum Gasteiger partial charge on any atom is 0.421 e. The number of ether oxygens (including phenoxy) is 1. The molecule has 3 atom stereocenters. The SMILES string of the molecule is C[C@@](O)(c1ccc(N2CCN(S(=O)(=O)c3ccccc3S)C[C@H]2CN2CCO[C@@H](CO)C2)cc1)C(F)(F)F. The van der Waals surface area contributed by atoms with Crippen LogP contribution in [-0.2, 0) is 20.4 Å². The van der Waals surface area contributed by atoms with Crippen LogP contribution in [0.1, 0.15) is 12.5 Å². The van der Waals surface area contributed by atoms with Crippen LogP contribution in [-0.4, -0.2) is 98.6 Å². The molecule has 0 radical (unpaired) electrons. The van der Waals surface area contributed by atoms with Crippen LogP contribution in [0.15, 0.2) is 58.3 Å². The zero-order valence-electron chi connectivity index (χ0n) is 20.9. The topological polar surface area (TPSA) is 93.6 Å². The molecule has 0 aliphatic carbocycles. The van der Waals surface area contributed by atoms with Crippen LogP contribution in [0.3, 0.4) is 0 Å². The van der Waals surface area contributed by atoms with Crippen molar-refractivity contribution >= 4 is 28.3 Å². The molecule has 2 aliphatic rings. The van der Waals surface area contributed by atoms with Gasteiger partial charge in [-0.15, -0.1) is 12.6 Å². The van der Waals surface area contributed by atoms with Crippen molar-refractivity contribution < 1.29 is 36.5 Å². The van der Waals surface area contributed by atoms with Crippen LogP contribution in [0.5, 0.6) is 0 Å². The van der Waals surface area contributed by atoms with E-state index in [-0.39, 0.29) is 42.3 Å². The van der Waals surface area contributed by atoms with Gasteiger partial charge in [-0.2, -0.15) is 17.5 Å². The predicted octanol–water partition coefficient (Wildman–Crippen LogP) is 2.32. The molecule has 13 heteroatoms. The molecule has 0 spiro atoms. The van der Waals surface area contributed by atoms with Crippen molar-refractivity contribution in [3.05, 3.63) is 54.1 Å². The Morgan fingerprint density at radius 2 is 1.74 bits per heavy atom. The number of aliphatic hydroxyl groups excluding tert-OH is 1. The van der Waals surface area contributed by atoms with E-state index in [1.54, 1.807) is 18.2 Å². The molecule has 2 aliphatic heterocycles. The first-order valence-corrected chi connectivity index (χ1v) is 14.1. The summed E-state index contributed by atoms with van der Waals surface area (Å²) >= 11 is 4.33. The van der Waals surface area contributed by atoms with Gasteiger partial charge in [0.1, 0.15) is 0 Å². The van der Waals surface area contributed by atoms with E-state index in [1.165, 1.54) is 34.6 Å². The normalized spacial score (nSPS) is 23.8. The number of anilines is 1. The summed E-state index contributed by atoms with van der Waals surface area (Å²) in [6, 6.07) is 11.7. The van der Waals surface area contributed by atoms with E-state index < -0.39 is 21.8 Å². The molecule has 0 saturated carbocycles.